The van der Waals surface area contributed by atoms with E-state index in [2.05, 4.69) is 12.2 Å². The maximum absolute atomic E-state index is 12.7. The Morgan fingerprint density at radius 2 is 2.05 bits per heavy atom. The predicted octanol–water partition coefficient (Wildman–Crippen LogP) is 1.52. The van der Waals surface area contributed by atoms with Gasteiger partial charge in [-0.25, -0.2) is 0 Å². The molecule has 1 aromatic heterocycles. The van der Waals surface area contributed by atoms with Gasteiger partial charge in [-0.1, -0.05) is 18.3 Å². The van der Waals surface area contributed by atoms with Crippen LogP contribution in [0.2, 0.25) is 0 Å². The molecule has 1 N–H and O–H groups in total. The SMILES string of the molecule is CCCN(C(=O)Cn1c(C)c(C)sc1=O)C1CCNCC1. The Labute approximate surface area is 130 Å². The number of hydrogen-bond acceptors (Lipinski definition) is 4. The van der Waals surface area contributed by atoms with Crippen molar-refractivity contribution in [3.8, 4) is 0 Å². The fourth-order valence-electron chi connectivity index (χ4n) is 2.87. The minimum atomic E-state index is -0.0277. The van der Waals surface area contributed by atoms with Crippen LogP contribution >= 0.6 is 11.3 Å². The minimum Gasteiger partial charge on any atom is -0.338 e. The molecule has 0 aromatic carbocycles. The van der Waals surface area contributed by atoms with Gasteiger partial charge in [0.25, 0.3) is 0 Å². The standard InChI is InChI=1S/C15H25N3O2S/c1-4-9-17(13-5-7-16-8-6-13)14(19)10-18-11(2)12(3)21-15(18)20/h13,16H,4-10H2,1-3H3. The summed E-state index contributed by atoms with van der Waals surface area (Å²) in [6.07, 6.45) is 2.96. The van der Waals surface area contributed by atoms with Gasteiger partial charge in [-0.15, -0.1) is 0 Å². The molecule has 118 valence electrons. The van der Waals surface area contributed by atoms with E-state index in [0.29, 0.717) is 6.04 Å². The molecule has 0 saturated carbocycles. The van der Waals surface area contributed by atoms with Crippen LogP contribution in [0.5, 0.6) is 0 Å². The molecule has 1 aliphatic rings. The molecule has 0 radical (unpaired) electrons. The van der Waals surface area contributed by atoms with E-state index in [1.54, 1.807) is 4.57 Å². The lowest BCUT2D eigenvalue weighted by Gasteiger charge is -2.34. The van der Waals surface area contributed by atoms with Crippen LogP contribution in [0.1, 0.15) is 36.8 Å². The topological polar surface area (TPSA) is 54.3 Å². The average molecular weight is 311 g/mol. The third-order valence-electron chi connectivity index (χ3n) is 4.20. The minimum absolute atomic E-state index is 0.0277. The molecule has 0 bridgehead atoms. The third-order valence-corrected chi connectivity index (χ3v) is 5.20. The molecule has 1 saturated heterocycles. The fourth-order valence-corrected chi connectivity index (χ4v) is 3.70. The van der Waals surface area contributed by atoms with Crippen molar-refractivity contribution in [3.63, 3.8) is 0 Å². The van der Waals surface area contributed by atoms with Crippen LogP contribution in [0.15, 0.2) is 4.79 Å². The second-order valence-electron chi connectivity index (χ2n) is 5.66. The Morgan fingerprint density at radius 1 is 1.38 bits per heavy atom. The van der Waals surface area contributed by atoms with Crippen LogP contribution in [-0.2, 0) is 11.3 Å². The number of piperidine rings is 1. The van der Waals surface area contributed by atoms with E-state index >= 15 is 0 Å². The highest BCUT2D eigenvalue weighted by Gasteiger charge is 2.25. The molecule has 1 fully saturated rings. The highest BCUT2D eigenvalue weighted by molar-refractivity contribution is 7.09. The van der Waals surface area contributed by atoms with Gasteiger partial charge in [-0.05, 0) is 46.2 Å². The van der Waals surface area contributed by atoms with Gasteiger partial charge in [-0.3, -0.25) is 14.2 Å². The molecule has 2 heterocycles. The Bertz CT molecular complexity index is 544. The molecule has 1 aliphatic heterocycles. The number of hydrogen-bond donors (Lipinski definition) is 1. The predicted molar refractivity (Wildman–Crippen MR) is 85.9 cm³/mol. The van der Waals surface area contributed by atoms with Crippen LogP contribution in [0.3, 0.4) is 0 Å². The Balaban J connectivity index is 2.12. The van der Waals surface area contributed by atoms with E-state index in [1.165, 1.54) is 11.3 Å². The third kappa shape index (κ3) is 3.74. The zero-order valence-electron chi connectivity index (χ0n) is 13.1. The van der Waals surface area contributed by atoms with Gasteiger partial charge in [-0.2, -0.15) is 0 Å². The summed E-state index contributed by atoms with van der Waals surface area (Å²) in [5.41, 5.74) is 0.917. The number of rotatable bonds is 5. The highest BCUT2D eigenvalue weighted by atomic mass is 32.1. The average Bonchev–Trinajstić information content (AvgIpc) is 2.72. The fraction of sp³-hybridized carbons (Fsp3) is 0.733. The largest absolute Gasteiger partial charge is 0.338 e. The number of carbonyl (C=O) groups is 1. The Kier molecular flexibility index (Phi) is 5.58. The molecule has 5 nitrogen and oxygen atoms in total. The van der Waals surface area contributed by atoms with Crippen molar-refractivity contribution in [1.82, 2.24) is 14.8 Å². The van der Waals surface area contributed by atoms with Gasteiger partial charge in [0, 0.05) is 23.2 Å². The first-order chi connectivity index (χ1) is 10.0. The molecule has 1 aromatic rings. The number of aryl methyl sites for hydroxylation is 1. The quantitative estimate of drug-likeness (QED) is 0.897. The van der Waals surface area contributed by atoms with Crippen molar-refractivity contribution in [2.24, 2.45) is 0 Å². The maximum atomic E-state index is 12.7. The van der Waals surface area contributed by atoms with E-state index in [4.69, 9.17) is 0 Å². The first kappa shape index (κ1) is 16.2. The summed E-state index contributed by atoms with van der Waals surface area (Å²) in [7, 11) is 0. The lowest BCUT2D eigenvalue weighted by Crippen LogP contribution is -2.48. The van der Waals surface area contributed by atoms with Gasteiger partial charge >= 0.3 is 4.87 Å². The normalized spacial score (nSPS) is 16.1. The van der Waals surface area contributed by atoms with Gasteiger partial charge in [0.15, 0.2) is 0 Å². The molecule has 0 spiro atoms. The van der Waals surface area contributed by atoms with E-state index < -0.39 is 0 Å². The van der Waals surface area contributed by atoms with Crippen molar-refractivity contribution >= 4 is 17.2 Å². The second-order valence-corrected chi connectivity index (χ2v) is 6.83. The van der Waals surface area contributed by atoms with Crippen LogP contribution < -0.4 is 10.2 Å². The monoisotopic (exact) mass is 311 g/mol. The highest BCUT2D eigenvalue weighted by Crippen LogP contribution is 2.15. The number of nitrogens with one attached hydrogen (secondary N) is 1. The van der Waals surface area contributed by atoms with E-state index in [-0.39, 0.29) is 17.3 Å². The molecule has 0 atom stereocenters. The Hall–Kier alpha value is -1.14. The number of aromatic nitrogens is 1. The molecule has 21 heavy (non-hydrogen) atoms. The Morgan fingerprint density at radius 3 is 2.57 bits per heavy atom. The number of amides is 1. The summed E-state index contributed by atoms with van der Waals surface area (Å²) in [4.78, 5) is 27.6. The summed E-state index contributed by atoms with van der Waals surface area (Å²) in [6, 6.07) is 0.314. The second kappa shape index (κ2) is 7.22. The van der Waals surface area contributed by atoms with Gasteiger partial charge in [0.1, 0.15) is 6.54 Å². The molecular weight excluding hydrogens is 286 g/mol. The lowest BCUT2D eigenvalue weighted by molar-refractivity contribution is -0.134. The van der Waals surface area contributed by atoms with Crippen LogP contribution in [0.25, 0.3) is 0 Å². The zero-order chi connectivity index (χ0) is 15.4. The molecule has 0 aliphatic carbocycles. The molecule has 6 heteroatoms. The van der Waals surface area contributed by atoms with Crippen LogP contribution in [-0.4, -0.2) is 41.1 Å². The van der Waals surface area contributed by atoms with E-state index in [0.717, 1.165) is 49.5 Å². The van der Waals surface area contributed by atoms with Crippen LogP contribution in [0, 0.1) is 13.8 Å². The van der Waals surface area contributed by atoms with Crippen molar-refractivity contribution in [2.75, 3.05) is 19.6 Å². The van der Waals surface area contributed by atoms with Crippen molar-refractivity contribution in [3.05, 3.63) is 20.2 Å². The van der Waals surface area contributed by atoms with Crippen molar-refractivity contribution in [1.29, 1.82) is 0 Å². The molecule has 1 amide bonds. The van der Waals surface area contributed by atoms with E-state index in [1.807, 2.05) is 18.7 Å². The smallest absolute Gasteiger partial charge is 0.308 e. The summed E-state index contributed by atoms with van der Waals surface area (Å²) in [5, 5.41) is 3.33. The van der Waals surface area contributed by atoms with Crippen molar-refractivity contribution < 1.29 is 4.79 Å². The number of nitrogens with zero attached hydrogens (tertiary/aromatic N) is 2. The first-order valence-corrected chi connectivity index (χ1v) is 8.53. The molecule has 0 unspecified atom stereocenters. The lowest BCUT2D eigenvalue weighted by atomic mass is 10.0. The number of carbonyl (C=O) groups excluding carboxylic acids is 1. The molecule has 2 rings (SSSR count). The summed E-state index contributed by atoms with van der Waals surface area (Å²) < 4.78 is 1.62. The summed E-state index contributed by atoms with van der Waals surface area (Å²) in [5.74, 6) is 0.0757. The zero-order valence-corrected chi connectivity index (χ0v) is 14.0. The van der Waals surface area contributed by atoms with Gasteiger partial charge in [0.2, 0.25) is 5.91 Å². The van der Waals surface area contributed by atoms with Gasteiger partial charge in [0.05, 0.1) is 0 Å². The maximum Gasteiger partial charge on any atom is 0.308 e. The number of thiazole rings is 1. The first-order valence-electron chi connectivity index (χ1n) is 7.71. The van der Waals surface area contributed by atoms with E-state index in [9.17, 15) is 9.59 Å². The van der Waals surface area contributed by atoms with Crippen molar-refractivity contribution in [2.45, 2.75) is 52.6 Å². The van der Waals surface area contributed by atoms with Crippen LogP contribution in [0.4, 0.5) is 0 Å². The molecular formula is C15H25N3O2S. The summed E-state index contributed by atoms with van der Waals surface area (Å²) in [6.45, 7) is 8.82. The summed E-state index contributed by atoms with van der Waals surface area (Å²) >= 11 is 1.23. The van der Waals surface area contributed by atoms with Gasteiger partial charge < -0.3 is 10.2 Å².